The van der Waals surface area contributed by atoms with Crippen molar-refractivity contribution in [2.45, 2.75) is 49.1 Å². The highest BCUT2D eigenvalue weighted by molar-refractivity contribution is 7.91. The summed E-state index contributed by atoms with van der Waals surface area (Å²) >= 11 is 0. The molecule has 8 nitrogen and oxygen atoms in total. The number of amides is 3. The van der Waals surface area contributed by atoms with E-state index in [2.05, 4.69) is 5.32 Å². The molecule has 0 aliphatic carbocycles. The number of fused-ring (bicyclic) bond motifs is 2. The fraction of sp³-hybridized carbons (Fsp3) is 0.417. The highest BCUT2D eigenvalue weighted by Crippen LogP contribution is 2.41. The number of nitrogens with zero attached hydrogens (tertiary/aromatic N) is 1. The van der Waals surface area contributed by atoms with Crippen molar-refractivity contribution in [2.24, 2.45) is 0 Å². The van der Waals surface area contributed by atoms with Crippen molar-refractivity contribution in [3.8, 4) is 5.75 Å². The number of halogens is 1. The Morgan fingerprint density at radius 3 is 2.62 bits per heavy atom. The Morgan fingerprint density at radius 1 is 1.21 bits per heavy atom. The lowest BCUT2D eigenvalue weighted by atomic mass is 9.86. The van der Waals surface area contributed by atoms with Gasteiger partial charge in [0, 0.05) is 5.56 Å². The van der Waals surface area contributed by atoms with Gasteiger partial charge in [0.1, 0.15) is 29.8 Å². The summed E-state index contributed by atoms with van der Waals surface area (Å²) in [7, 11) is -3.72. The fourth-order valence-electron chi connectivity index (χ4n) is 4.44. The molecular weight excluding hydrogens is 463 g/mol. The molecule has 0 radical (unpaired) electrons. The standard InChI is InChI=1S/C24H27FN2O6S/c1-23(2,3)17-6-4-5-7-19(17)33-14-16(28)13-27-21(29)24(26-22(27)30)10-11-34(31,32)20-9-8-15(25)12-18(20)24/h4-9,12,16,28H,10-11,13-14H2,1-3H3,(H,26,30)/t16-,24-/m1/s1. The van der Waals surface area contributed by atoms with Gasteiger partial charge in [0.05, 0.1) is 17.2 Å². The molecule has 2 aromatic carbocycles. The smallest absolute Gasteiger partial charge is 0.325 e. The average Bonchev–Trinajstić information content (AvgIpc) is 3.00. The van der Waals surface area contributed by atoms with E-state index in [9.17, 15) is 27.5 Å². The molecular formula is C24H27FN2O6S. The van der Waals surface area contributed by atoms with E-state index in [1.54, 1.807) is 6.07 Å². The number of nitrogens with one attached hydrogen (secondary N) is 1. The Morgan fingerprint density at radius 2 is 1.91 bits per heavy atom. The SMILES string of the molecule is CC(C)(C)c1ccccc1OC[C@H](O)CN1C(=O)N[C@@]2(CCS(=O)(=O)c3ccc(F)cc32)C1=O. The largest absolute Gasteiger partial charge is 0.491 e. The van der Waals surface area contributed by atoms with Crippen LogP contribution in [-0.2, 0) is 25.6 Å². The molecule has 1 spiro atoms. The van der Waals surface area contributed by atoms with E-state index < -0.39 is 39.2 Å². The van der Waals surface area contributed by atoms with Crippen LogP contribution < -0.4 is 10.1 Å². The summed E-state index contributed by atoms with van der Waals surface area (Å²) in [6, 6.07) is 9.71. The summed E-state index contributed by atoms with van der Waals surface area (Å²) in [5, 5.41) is 13.1. The number of benzene rings is 2. The quantitative estimate of drug-likeness (QED) is 0.492. The van der Waals surface area contributed by atoms with Crippen molar-refractivity contribution in [3.05, 3.63) is 59.4 Å². The first-order valence-electron chi connectivity index (χ1n) is 10.9. The summed E-state index contributed by atoms with van der Waals surface area (Å²) in [5.41, 5.74) is -1.04. The Kier molecular flexibility index (Phi) is 5.93. The van der Waals surface area contributed by atoms with E-state index in [0.29, 0.717) is 5.75 Å². The molecule has 3 amide bonds. The number of urea groups is 1. The second kappa shape index (κ2) is 8.35. The van der Waals surface area contributed by atoms with Crippen LogP contribution >= 0.6 is 0 Å². The molecule has 10 heteroatoms. The van der Waals surface area contributed by atoms with Crippen LogP contribution in [0.5, 0.6) is 5.75 Å². The van der Waals surface area contributed by atoms with Gasteiger partial charge in [-0.15, -0.1) is 0 Å². The van der Waals surface area contributed by atoms with Crippen molar-refractivity contribution in [1.29, 1.82) is 0 Å². The Hall–Kier alpha value is -2.98. The molecule has 34 heavy (non-hydrogen) atoms. The number of hydrogen-bond donors (Lipinski definition) is 2. The molecule has 2 aromatic rings. The van der Waals surface area contributed by atoms with E-state index in [1.807, 2.05) is 39.0 Å². The molecule has 2 aliphatic rings. The molecule has 4 rings (SSSR count). The number of β-amino-alcohol motifs (C(OH)–C–C–N with tert-alkyl or cyclic N) is 1. The lowest BCUT2D eigenvalue weighted by molar-refractivity contribution is -0.133. The number of aliphatic hydroxyl groups excluding tert-OH is 1. The van der Waals surface area contributed by atoms with Crippen molar-refractivity contribution >= 4 is 21.8 Å². The number of ether oxygens (including phenoxy) is 1. The number of hydrogen-bond acceptors (Lipinski definition) is 6. The van der Waals surface area contributed by atoms with Crippen molar-refractivity contribution in [3.63, 3.8) is 0 Å². The van der Waals surface area contributed by atoms with Gasteiger partial charge in [0.25, 0.3) is 5.91 Å². The summed E-state index contributed by atoms with van der Waals surface area (Å²) in [6.45, 7) is 5.56. The van der Waals surface area contributed by atoms with Gasteiger partial charge in [0.2, 0.25) is 0 Å². The average molecular weight is 491 g/mol. The third-order valence-corrected chi connectivity index (χ3v) is 7.95. The second-order valence-electron chi connectivity index (χ2n) is 9.67. The number of carbonyl (C=O) groups excluding carboxylic acids is 2. The van der Waals surface area contributed by atoms with E-state index in [1.165, 1.54) is 0 Å². The second-order valence-corrected chi connectivity index (χ2v) is 11.7. The molecule has 2 atom stereocenters. The first-order valence-corrected chi connectivity index (χ1v) is 12.6. The van der Waals surface area contributed by atoms with Gasteiger partial charge >= 0.3 is 6.03 Å². The number of imide groups is 1. The van der Waals surface area contributed by atoms with Crippen LogP contribution in [0.15, 0.2) is 47.4 Å². The summed E-state index contributed by atoms with van der Waals surface area (Å²) in [4.78, 5) is 26.7. The molecule has 0 saturated carbocycles. The summed E-state index contributed by atoms with van der Waals surface area (Å²) in [6.07, 6.45) is -1.42. The monoisotopic (exact) mass is 490 g/mol. The summed E-state index contributed by atoms with van der Waals surface area (Å²) < 4.78 is 44.7. The number of rotatable bonds is 5. The van der Waals surface area contributed by atoms with Crippen LogP contribution in [0.25, 0.3) is 0 Å². The van der Waals surface area contributed by atoms with Gasteiger partial charge in [-0.25, -0.2) is 17.6 Å². The highest BCUT2D eigenvalue weighted by atomic mass is 32.2. The van der Waals surface area contributed by atoms with Gasteiger partial charge in [-0.05, 0) is 41.7 Å². The predicted octanol–water partition coefficient (Wildman–Crippen LogP) is 2.49. The minimum Gasteiger partial charge on any atom is -0.491 e. The zero-order valence-corrected chi connectivity index (χ0v) is 20.0. The normalized spacial score (nSPS) is 22.4. The molecule has 2 aliphatic heterocycles. The lowest BCUT2D eigenvalue weighted by Gasteiger charge is -2.33. The van der Waals surface area contributed by atoms with E-state index in [4.69, 9.17) is 4.74 Å². The first kappa shape index (κ1) is 24.2. The number of para-hydroxylation sites is 1. The molecule has 1 fully saturated rings. The van der Waals surface area contributed by atoms with Crippen LogP contribution in [0.1, 0.15) is 38.3 Å². The van der Waals surface area contributed by atoms with Gasteiger partial charge in [-0.1, -0.05) is 39.0 Å². The highest BCUT2D eigenvalue weighted by Gasteiger charge is 2.56. The van der Waals surface area contributed by atoms with Gasteiger partial charge < -0.3 is 15.2 Å². The minimum atomic E-state index is -3.72. The van der Waals surface area contributed by atoms with Crippen LogP contribution in [0.3, 0.4) is 0 Å². The molecule has 1 saturated heterocycles. The van der Waals surface area contributed by atoms with Crippen molar-refractivity contribution in [2.75, 3.05) is 18.9 Å². The van der Waals surface area contributed by atoms with Crippen molar-refractivity contribution in [1.82, 2.24) is 10.2 Å². The Bertz CT molecular complexity index is 1260. The lowest BCUT2D eigenvalue weighted by Crippen LogP contribution is -2.49. The van der Waals surface area contributed by atoms with Crippen LogP contribution in [0.2, 0.25) is 0 Å². The molecule has 0 aromatic heterocycles. The van der Waals surface area contributed by atoms with E-state index in [0.717, 1.165) is 28.7 Å². The zero-order chi connectivity index (χ0) is 24.9. The molecule has 182 valence electrons. The van der Waals surface area contributed by atoms with E-state index >= 15 is 0 Å². The fourth-order valence-corrected chi connectivity index (χ4v) is 6.08. The number of carbonyl (C=O) groups is 2. The van der Waals surface area contributed by atoms with Crippen LogP contribution in [-0.4, -0.2) is 55.4 Å². The van der Waals surface area contributed by atoms with Gasteiger partial charge in [0.15, 0.2) is 9.84 Å². The molecule has 0 bridgehead atoms. The third-order valence-electron chi connectivity index (χ3n) is 6.18. The predicted molar refractivity (Wildman–Crippen MR) is 122 cm³/mol. The zero-order valence-electron chi connectivity index (χ0n) is 19.2. The number of sulfone groups is 1. The Balaban J connectivity index is 1.53. The van der Waals surface area contributed by atoms with Crippen molar-refractivity contribution < 1.29 is 32.2 Å². The Labute approximate surface area is 197 Å². The van der Waals surface area contributed by atoms with Gasteiger partial charge in [-0.2, -0.15) is 0 Å². The third kappa shape index (κ3) is 4.16. The summed E-state index contributed by atoms with van der Waals surface area (Å²) in [5.74, 6) is -1.24. The maximum absolute atomic E-state index is 14.0. The van der Waals surface area contributed by atoms with Crippen LogP contribution in [0.4, 0.5) is 9.18 Å². The maximum Gasteiger partial charge on any atom is 0.325 e. The molecule has 0 unspecified atom stereocenters. The minimum absolute atomic E-state index is 0.0931. The topological polar surface area (TPSA) is 113 Å². The molecule has 2 N–H and O–H groups in total. The van der Waals surface area contributed by atoms with E-state index in [-0.39, 0.29) is 41.2 Å². The maximum atomic E-state index is 14.0. The first-order chi connectivity index (χ1) is 15.8. The number of aliphatic hydroxyl groups is 1. The van der Waals surface area contributed by atoms with Crippen LogP contribution in [0, 0.1) is 5.82 Å². The molecule has 2 heterocycles. The van der Waals surface area contributed by atoms with Gasteiger partial charge in [-0.3, -0.25) is 9.69 Å².